The summed E-state index contributed by atoms with van der Waals surface area (Å²) in [6.45, 7) is 4.26. The van der Waals surface area contributed by atoms with Gasteiger partial charge in [0.05, 0.1) is 6.04 Å². The van der Waals surface area contributed by atoms with Crippen LogP contribution >= 0.6 is 11.6 Å². The monoisotopic (exact) mass is 302 g/mol. The van der Waals surface area contributed by atoms with E-state index in [-0.39, 0.29) is 12.1 Å². The van der Waals surface area contributed by atoms with Crippen molar-refractivity contribution in [1.29, 1.82) is 0 Å². The van der Waals surface area contributed by atoms with E-state index in [1.807, 2.05) is 18.2 Å². The van der Waals surface area contributed by atoms with Crippen LogP contribution < -0.4 is 10.6 Å². The number of hydrogen-bond acceptors (Lipinski definition) is 2. The zero-order valence-electron chi connectivity index (χ0n) is 12.9. The number of rotatable bonds is 5. The molecule has 3 heteroatoms. The molecule has 2 rings (SSSR count). The molecule has 21 heavy (non-hydrogen) atoms. The second-order valence-corrected chi connectivity index (χ2v) is 5.82. The minimum atomic E-state index is 0.116. The number of nitrogens with two attached hydrogens (primary N) is 1. The molecule has 2 aromatic rings. The number of benzene rings is 2. The lowest BCUT2D eigenvalue weighted by molar-refractivity contribution is 0.697. The molecule has 0 fully saturated rings. The summed E-state index contributed by atoms with van der Waals surface area (Å²) < 4.78 is 0. The van der Waals surface area contributed by atoms with Crippen molar-refractivity contribution >= 4 is 17.3 Å². The van der Waals surface area contributed by atoms with Gasteiger partial charge in [-0.3, -0.25) is 0 Å². The maximum atomic E-state index is 6.29. The Labute approximate surface area is 132 Å². The Bertz CT molecular complexity index is 580. The summed E-state index contributed by atoms with van der Waals surface area (Å²) in [6, 6.07) is 16.8. The summed E-state index contributed by atoms with van der Waals surface area (Å²) >= 11 is 6.29. The van der Waals surface area contributed by atoms with E-state index in [2.05, 4.69) is 56.1 Å². The van der Waals surface area contributed by atoms with E-state index in [4.69, 9.17) is 17.3 Å². The largest absolute Gasteiger partial charge is 0.368 e. The van der Waals surface area contributed by atoms with Crippen LogP contribution in [0.5, 0.6) is 0 Å². The van der Waals surface area contributed by atoms with Crippen molar-refractivity contribution in [3.05, 3.63) is 64.7 Å². The van der Waals surface area contributed by atoms with Gasteiger partial charge in [0.25, 0.3) is 0 Å². The van der Waals surface area contributed by atoms with Crippen molar-refractivity contribution in [2.75, 3.05) is 11.9 Å². The van der Waals surface area contributed by atoms with E-state index in [1.165, 1.54) is 5.56 Å². The molecule has 112 valence electrons. The smallest absolute Gasteiger partial charge is 0.0525 e. The predicted molar refractivity (Wildman–Crippen MR) is 91.9 cm³/mol. The van der Waals surface area contributed by atoms with Gasteiger partial charge in [-0.2, -0.15) is 0 Å². The number of halogens is 1. The van der Waals surface area contributed by atoms with Crippen molar-refractivity contribution in [2.45, 2.75) is 32.4 Å². The molecular formula is C18H23ClN2. The lowest BCUT2D eigenvalue weighted by atomic mass is 10.0. The summed E-state index contributed by atoms with van der Waals surface area (Å²) in [5.41, 5.74) is 9.54. The standard InChI is InChI=1S/C18H23ClN2/c1-4-18(20)14-9-11-15(12-10-14)21(3)13(2)16-7-5-6-8-17(16)19/h5-13,18H,4,20H2,1-3H3. The summed E-state index contributed by atoms with van der Waals surface area (Å²) in [7, 11) is 2.09. The lowest BCUT2D eigenvalue weighted by Gasteiger charge is -2.28. The number of nitrogens with zero attached hydrogens (tertiary/aromatic N) is 1. The van der Waals surface area contributed by atoms with Crippen LogP contribution in [-0.2, 0) is 0 Å². The van der Waals surface area contributed by atoms with Gasteiger partial charge in [-0.1, -0.05) is 48.9 Å². The molecule has 0 aliphatic heterocycles. The molecule has 0 bridgehead atoms. The maximum absolute atomic E-state index is 6.29. The average Bonchev–Trinajstić information content (AvgIpc) is 2.53. The summed E-state index contributed by atoms with van der Waals surface area (Å²) in [4.78, 5) is 2.22. The van der Waals surface area contributed by atoms with E-state index in [0.717, 1.165) is 22.7 Å². The second kappa shape index (κ2) is 6.97. The van der Waals surface area contributed by atoms with Crippen molar-refractivity contribution in [3.8, 4) is 0 Å². The first-order valence-electron chi connectivity index (χ1n) is 7.37. The molecule has 0 spiro atoms. The van der Waals surface area contributed by atoms with Crippen LogP contribution in [0.25, 0.3) is 0 Å². The van der Waals surface area contributed by atoms with Crippen LogP contribution in [0.2, 0.25) is 5.02 Å². The first kappa shape index (κ1) is 15.9. The third-order valence-electron chi connectivity index (χ3n) is 4.10. The third-order valence-corrected chi connectivity index (χ3v) is 4.45. The minimum Gasteiger partial charge on any atom is -0.368 e. The van der Waals surface area contributed by atoms with Gasteiger partial charge in [-0.25, -0.2) is 0 Å². The lowest BCUT2D eigenvalue weighted by Crippen LogP contribution is -2.22. The molecule has 0 aliphatic rings. The fraction of sp³-hybridized carbons (Fsp3) is 0.333. The Kier molecular flexibility index (Phi) is 5.27. The fourth-order valence-corrected chi connectivity index (χ4v) is 2.73. The average molecular weight is 303 g/mol. The Balaban J connectivity index is 2.20. The Morgan fingerprint density at radius 3 is 2.29 bits per heavy atom. The van der Waals surface area contributed by atoms with E-state index < -0.39 is 0 Å². The van der Waals surface area contributed by atoms with E-state index in [1.54, 1.807) is 0 Å². The van der Waals surface area contributed by atoms with Crippen molar-refractivity contribution in [3.63, 3.8) is 0 Å². The highest BCUT2D eigenvalue weighted by Crippen LogP contribution is 2.30. The van der Waals surface area contributed by atoms with Crippen molar-refractivity contribution < 1.29 is 0 Å². The molecule has 0 amide bonds. The van der Waals surface area contributed by atoms with Crippen LogP contribution in [0.1, 0.15) is 43.5 Å². The highest BCUT2D eigenvalue weighted by molar-refractivity contribution is 6.31. The molecule has 2 atom stereocenters. The molecule has 0 radical (unpaired) electrons. The Morgan fingerprint density at radius 1 is 1.10 bits per heavy atom. The topological polar surface area (TPSA) is 29.3 Å². The van der Waals surface area contributed by atoms with E-state index in [9.17, 15) is 0 Å². The number of anilines is 1. The Hall–Kier alpha value is -1.51. The first-order chi connectivity index (χ1) is 10.0. The molecule has 0 aromatic heterocycles. The van der Waals surface area contributed by atoms with Crippen LogP contribution in [0.4, 0.5) is 5.69 Å². The highest BCUT2D eigenvalue weighted by atomic mass is 35.5. The molecule has 2 aromatic carbocycles. The summed E-state index contributed by atoms with van der Waals surface area (Å²) in [5, 5.41) is 0.807. The number of hydrogen-bond donors (Lipinski definition) is 1. The van der Waals surface area contributed by atoms with Crippen LogP contribution in [0.3, 0.4) is 0 Å². The van der Waals surface area contributed by atoms with Gasteiger partial charge in [0.15, 0.2) is 0 Å². The zero-order valence-corrected chi connectivity index (χ0v) is 13.6. The zero-order chi connectivity index (χ0) is 15.4. The second-order valence-electron chi connectivity index (χ2n) is 5.41. The molecule has 2 unspecified atom stereocenters. The Morgan fingerprint density at radius 2 is 1.71 bits per heavy atom. The van der Waals surface area contributed by atoms with Gasteiger partial charge in [-0.15, -0.1) is 0 Å². The van der Waals surface area contributed by atoms with Crippen molar-refractivity contribution in [2.24, 2.45) is 5.73 Å². The fourth-order valence-electron chi connectivity index (χ4n) is 2.44. The van der Waals surface area contributed by atoms with Gasteiger partial charge >= 0.3 is 0 Å². The molecule has 0 aliphatic carbocycles. The van der Waals surface area contributed by atoms with Gasteiger partial charge in [0.2, 0.25) is 0 Å². The molecular weight excluding hydrogens is 280 g/mol. The van der Waals surface area contributed by atoms with E-state index >= 15 is 0 Å². The van der Waals surface area contributed by atoms with Gasteiger partial charge in [0.1, 0.15) is 0 Å². The third kappa shape index (κ3) is 3.58. The van der Waals surface area contributed by atoms with Crippen LogP contribution in [-0.4, -0.2) is 7.05 Å². The molecule has 0 saturated carbocycles. The molecule has 2 nitrogen and oxygen atoms in total. The predicted octanol–water partition coefficient (Wildman–Crippen LogP) is 4.95. The minimum absolute atomic E-state index is 0.116. The van der Waals surface area contributed by atoms with Gasteiger partial charge in [-0.05, 0) is 42.7 Å². The summed E-state index contributed by atoms with van der Waals surface area (Å²) in [5.74, 6) is 0. The molecule has 2 N–H and O–H groups in total. The van der Waals surface area contributed by atoms with Crippen LogP contribution in [0, 0.1) is 0 Å². The normalized spacial score (nSPS) is 13.8. The molecule has 0 heterocycles. The van der Waals surface area contributed by atoms with Crippen molar-refractivity contribution in [1.82, 2.24) is 0 Å². The highest BCUT2D eigenvalue weighted by Gasteiger charge is 2.15. The van der Waals surface area contributed by atoms with Gasteiger partial charge in [0, 0.05) is 23.8 Å². The molecule has 0 saturated heterocycles. The van der Waals surface area contributed by atoms with E-state index in [0.29, 0.717) is 0 Å². The van der Waals surface area contributed by atoms with Crippen LogP contribution in [0.15, 0.2) is 48.5 Å². The summed E-state index contributed by atoms with van der Waals surface area (Å²) in [6.07, 6.45) is 0.950. The maximum Gasteiger partial charge on any atom is 0.0525 e. The van der Waals surface area contributed by atoms with Gasteiger partial charge < -0.3 is 10.6 Å². The quantitative estimate of drug-likeness (QED) is 0.847. The first-order valence-corrected chi connectivity index (χ1v) is 7.75. The SMILES string of the molecule is CCC(N)c1ccc(N(C)C(C)c2ccccc2Cl)cc1.